The molecule has 152 valence electrons. The second-order valence-corrected chi connectivity index (χ2v) is 17.0. The van der Waals surface area contributed by atoms with Crippen LogP contribution in [0, 0.1) is 0 Å². The van der Waals surface area contributed by atoms with Gasteiger partial charge in [0.2, 0.25) is 0 Å². The molecule has 0 aliphatic carbocycles. The average molecular weight is 516 g/mol. The van der Waals surface area contributed by atoms with Crippen LogP contribution in [-0.2, 0) is 23.3 Å². The Bertz CT molecular complexity index is 1330. The van der Waals surface area contributed by atoms with Crippen molar-refractivity contribution in [3.8, 4) is 0 Å². The van der Waals surface area contributed by atoms with E-state index in [0.29, 0.717) is 0 Å². The Hall–Kier alpha value is -1.99. The van der Waals surface area contributed by atoms with E-state index < -0.39 is 0 Å². The predicted molar refractivity (Wildman–Crippen MR) is 139 cm³/mol. The Balaban J connectivity index is 0.000000147. The maximum absolute atomic E-state index is 2.31. The zero-order chi connectivity index (χ0) is 20.9. The first-order valence-electron chi connectivity index (χ1n) is 10.2. The first kappa shape index (κ1) is 23.7. The molecule has 0 saturated heterocycles. The SMILES string of the molecule is C[Si](C)=[Zr+2].Cl.c1ccc2c(c1)ccc1[cH-]ccc12.c1ccc2c(c1)ccc1[cH-]ccc12. The monoisotopic (exact) mass is 514 g/mol. The molecule has 0 fully saturated rings. The van der Waals surface area contributed by atoms with Crippen molar-refractivity contribution in [2.24, 2.45) is 0 Å². The molecule has 6 rings (SSSR count). The predicted octanol–water partition coefficient (Wildman–Crippen LogP) is 8.63. The third kappa shape index (κ3) is 5.63. The van der Waals surface area contributed by atoms with Gasteiger partial charge in [0.25, 0.3) is 0 Å². The molecule has 6 aromatic rings. The number of halogens is 1. The van der Waals surface area contributed by atoms with Gasteiger partial charge in [0.05, 0.1) is 0 Å². The van der Waals surface area contributed by atoms with Crippen LogP contribution in [0.1, 0.15) is 0 Å². The second-order valence-electron chi connectivity index (χ2n) is 7.63. The van der Waals surface area contributed by atoms with E-state index in [-0.39, 0.29) is 17.8 Å². The minimum absolute atomic E-state index is 0. The molecular weight excluding hydrogens is 491 g/mol. The normalized spacial score (nSPS) is 10.2. The third-order valence-corrected chi connectivity index (χ3v) is 5.09. The first-order valence-corrected chi connectivity index (χ1v) is 16.4. The summed E-state index contributed by atoms with van der Waals surface area (Å²) in [5.41, 5.74) is 0.210. The molecule has 0 heterocycles. The maximum Gasteiger partial charge on any atom is -0.0370 e. The van der Waals surface area contributed by atoms with Crippen LogP contribution >= 0.6 is 12.4 Å². The van der Waals surface area contributed by atoms with Crippen molar-refractivity contribution in [2.75, 3.05) is 0 Å². The number of benzene rings is 4. The van der Waals surface area contributed by atoms with Crippen LogP contribution in [0.3, 0.4) is 0 Å². The summed E-state index contributed by atoms with van der Waals surface area (Å²) in [6.07, 6.45) is 0. The van der Waals surface area contributed by atoms with Crippen molar-refractivity contribution < 1.29 is 23.3 Å². The minimum atomic E-state index is 0. The summed E-state index contributed by atoms with van der Waals surface area (Å²) >= 11 is 1.74. The van der Waals surface area contributed by atoms with E-state index in [2.05, 4.69) is 122 Å². The molecule has 0 saturated carbocycles. The fourth-order valence-electron chi connectivity index (χ4n) is 3.78. The van der Waals surface area contributed by atoms with Crippen LogP contribution in [0.2, 0.25) is 13.1 Å². The molecule has 6 aromatic carbocycles. The molecule has 0 amide bonds. The molecule has 31 heavy (non-hydrogen) atoms. The van der Waals surface area contributed by atoms with E-state index in [4.69, 9.17) is 0 Å². The molecule has 0 aliphatic heterocycles. The summed E-state index contributed by atoms with van der Waals surface area (Å²) in [5, 5.41) is 10.7. The largest absolute Gasteiger partial charge is 0.168 e. The van der Waals surface area contributed by atoms with Gasteiger partial charge in [0, 0.05) is 0 Å². The Morgan fingerprint density at radius 2 is 0.935 bits per heavy atom. The summed E-state index contributed by atoms with van der Waals surface area (Å²) < 4.78 is 0. The van der Waals surface area contributed by atoms with Crippen molar-refractivity contribution in [2.45, 2.75) is 13.1 Å². The van der Waals surface area contributed by atoms with E-state index >= 15 is 0 Å². The van der Waals surface area contributed by atoms with Gasteiger partial charge in [-0.2, -0.15) is 24.3 Å². The summed E-state index contributed by atoms with van der Waals surface area (Å²) in [6.45, 7) is 4.62. The van der Waals surface area contributed by atoms with Gasteiger partial charge < -0.3 is 0 Å². The van der Waals surface area contributed by atoms with E-state index in [1.54, 1.807) is 23.3 Å². The summed E-state index contributed by atoms with van der Waals surface area (Å²) in [5.74, 6) is 0. The van der Waals surface area contributed by atoms with Crippen molar-refractivity contribution in [3.63, 3.8) is 0 Å². The van der Waals surface area contributed by atoms with Gasteiger partial charge >= 0.3 is 41.9 Å². The molecule has 0 bridgehead atoms. The maximum atomic E-state index is 2.31. The topological polar surface area (TPSA) is 0 Å². The third-order valence-electron chi connectivity index (χ3n) is 5.09. The molecule has 0 N–H and O–H groups in total. The Labute approximate surface area is 205 Å². The van der Waals surface area contributed by atoms with Crippen LogP contribution < -0.4 is 0 Å². The van der Waals surface area contributed by atoms with E-state index in [9.17, 15) is 0 Å². The van der Waals surface area contributed by atoms with Crippen LogP contribution in [0.5, 0.6) is 0 Å². The van der Waals surface area contributed by atoms with E-state index in [0.717, 1.165) is 0 Å². The van der Waals surface area contributed by atoms with Crippen LogP contribution in [0.15, 0.2) is 109 Å². The smallest absolute Gasteiger partial charge is 0.0370 e. The van der Waals surface area contributed by atoms with Gasteiger partial charge in [-0.15, -0.1) is 58.2 Å². The number of rotatable bonds is 0. The Morgan fingerprint density at radius 1 is 0.548 bits per heavy atom. The molecule has 0 spiro atoms. The molecule has 0 radical (unpaired) electrons. The molecule has 3 heteroatoms. The minimum Gasteiger partial charge on any atom is -0.168 e. The van der Waals surface area contributed by atoms with Gasteiger partial charge in [0.15, 0.2) is 0 Å². The van der Waals surface area contributed by atoms with Crippen molar-refractivity contribution in [3.05, 3.63) is 109 Å². The fraction of sp³-hybridized carbons (Fsp3) is 0.0714. The fourth-order valence-corrected chi connectivity index (χ4v) is 3.78. The molecule has 0 aliphatic rings. The summed E-state index contributed by atoms with van der Waals surface area (Å²) in [4.78, 5) is 0. The van der Waals surface area contributed by atoms with Gasteiger partial charge in [-0.25, -0.2) is 0 Å². The van der Waals surface area contributed by atoms with Crippen molar-refractivity contribution in [1.82, 2.24) is 0 Å². The van der Waals surface area contributed by atoms with E-state index in [1.165, 1.54) is 43.1 Å². The van der Waals surface area contributed by atoms with Gasteiger partial charge in [-0.05, 0) is 10.8 Å². The first-order chi connectivity index (χ1) is 14.6. The Morgan fingerprint density at radius 3 is 1.35 bits per heavy atom. The van der Waals surface area contributed by atoms with Crippen molar-refractivity contribution in [1.29, 1.82) is 0 Å². The van der Waals surface area contributed by atoms with Gasteiger partial charge in [-0.1, -0.05) is 71.4 Å². The van der Waals surface area contributed by atoms with Crippen LogP contribution in [-0.4, -0.2) is 5.43 Å². The number of hydrogen-bond acceptors (Lipinski definition) is 0. The molecular formula is C28H25ClSiZr. The van der Waals surface area contributed by atoms with Gasteiger partial charge in [0.1, 0.15) is 0 Å². The zero-order valence-corrected chi connectivity index (χ0v) is 22.1. The Kier molecular flexibility index (Phi) is 8.43. The standard InChI is InChI=1S/2C13H9.C2H6Si.ClH.Zr/c2*1-2-6-12-10(4-1)8-9-11-5-3-7-13(11)12;1-3-2;;/h2*1-9H;1-2H3;1H;/q2*-1;;;+2. The zero-order valence-electron chi connectivity index (χ0n) is 17.8. The number of fused-ring (bicyclic) bond motifs is 6. The number of hydrogen-bond donors (Lipinski definition) is 0. The molecule has 0 unspecified atom stereocenters. The van der Waals surface area contributed by atoms with Gasteiger partial charge in [-0.3, -0.25) is 0 Å². The molecule has 0 aromatic heterocycles. The van der Waals surface area contributed by atoms with Crippen molar-refractivity contribution >= 4 is 60.9 Å². The molecule has 0 atom stereocenters. The molecule has 0 nitrogen and oxygen atoms in total. The van der Waals surface area contributed by atoms with Crippen LogP contribution in [0.4, 0.5) is 0 Å². The quantitative estimate of drug-likeness (QED) is 0.140. The van der Waals surface area contributed by atoms with Crippen LogP contribution in [0.25, 0.3) is 43.1 Å². The van der Waals surface area contributed by atoms with E-state index in [1.807, 2.05) is 0 Å². The average Bonchev–Trinajstić information content (AvgIpc) is 3.43. The summed E-state index contributed by atoms with van der Waals surface area (Å²) in [6, 6.07) is 38.6. The second kappa shape index (κ2) is 11.0. The summed E-state index contributed by atoms with van der Waals surface area (Å²) in [7, 11) is 0.